The van der Waals surface area contributed by atoms with Crippen LogP contribution in [0.25, 0.3) is 16.6 Å². The summed E-state index contributed by atoms with van der Waals surface area (Å²) in [5.41, 5.74) is 7.49. The molecule has 2 aromatic rings. The molecule has 0 spiro atoms. The van der Waals surface area contributed by atoms with E-state index in [2.05, 4.69) is 17.1 Å². The van der Waals surface area contributed by atoms with E-state index in [9.17, 15) is 0 Å². The minimum Gasteiger partial charge on any atom is -0.497 e. The lowest BCUT2D eigenvalue weighted by Crippen LogP contribution is -2.28. The fourth-order valence-corrected chi connectivity index (χ4v) is 3.18. The molecule has 1 aromatic carbocycles. The fourth-order valence-electron chi connectivity index (χ4n) is 3.18. The van der Waals surface area contributed by atoms with Gasteiger partial charge in [0.25, 0.3) is 0 Å². The summed E-state index contributed by atoms with van der Waals surface area (Å²) in [7, 11) is 5.51. The van der Waals surface area contributed by atoms with Crippen LogP contribution in [0.5, 0.6) is 5.75 Å². The summed E-state index contributed by atoms with van der Waals surface area (Å²) in [5.74, 6) is 2.51. The van der Waals surface area contributed by atoms with Gasteiger partial charge in [0.1, 0.15) is 17.4 Å². The lowest BCUT2D eigenvalue weighted by Gasteiger charge is -2.29. The first-order valence-corrected chi connectivity index (χ1v) is 8.15. The number of imidazole rings is 1. The van der Waals surface area contributed by atoms with Gasteiger partial charge in [0.05, 0.1) is 41.1 Å². The minimum absolute atomic E-state index is 0.603. The van der Waals surface area contributed by atoms with Crippen LogP contribution in [0, 0.1) is 11.3 Å². The lowest BCUT2D eigenvalue weighted by atomic mass is 10.1. The van der Waals surface area contributed by atoms with Gasteiger partial charge in [0.15, 0.2) is 0 Å². The highest BCUT2D eigenvalue weighted by Crippen LogP contribution is 2.32. The Hall–Kier alpha value is -3.68. The summed E-state index contributed by atoms with van der Waals surface area (Å²) in [4.78, 5) is 6.76. The quantitative estimate of drug-likeness (QED) is 0.868. The Bertz CT molecular complexity index is 1120. The molecular formula is C20H17N5O. The average molecular weight is 343 g/mol. The first-order chi connectivity index (χ1) is 12.7. The van der Waals surface area contributed by atoms with Crippen molar-refractivity contribution in [2.45, 2.75) is 0 Å². The van der Waals surface area contributed by atoms with Gasteiger partial charge in [-0.05, 0) is 30.4 Å². The number of allylic oxidation sites excluding steroid dienone is 4. The third-order valence-electron chi connectivity index (χ3n) is 4.51. The Balaban J connectivity index is 1.90. The van der Waals surface area contributed by atoms with Gasteiger partial charge >= 0.3 is 0 Å². The van der Waals surface area contributed by atoms with Crippen molar-refractivity contribution in [3.05, 3.63) is 71.3 Å². The number of aromatic nitrogens is 2. The Labute approximate surface area is 151 Å². The zero-order valence-electron chi connectivity index (χ0n) is 14.7. The maximum atomic E-state index is 9.10. The molecular weight excluding hydrogens is 326 g/mol. The van der Waals surface area contributed by atoms with E-state index in [0.717, 1.165) is 39.7 Å². The molecule has 0 bridgehead atoms. The number of benzene rings is 1. The molecule has 0 saturated carbocycles. The first-order valence-electron chi connectivity index (χ1n) is 8.15. The molecule has 1 N–H and O–H groups in total. The van der Waals surface area contributed by atoms with Crippen molar-refractivity contribution in [2.75, 3.05) is 14.2 Å². The highest BCUT2D eigenvalue weighted by atomic mass is 16.5. The number of ether oxygens (including phenoxy) is 1. The molecule has 0 aliphatic carbocycles. The van der Waals surface area contributed by atoms with E-state index in [1.807, 2.05) is 60.1 Å². The van der Waals surface area contributed by atoms with Crippen LogP contribution in [0.15, 0.2) is 65.4 Å². The Kier molecular flexibility index (Phi) is 3.65. The van der Waals surface area contributed by atoms with E-state index in [1.165, 1.54) is 0 Å². The van der Waals surface area contributed by atoms with Crippen LogP contribution in [0.3, 0.4) is 0 Å². The molecule has 6 nitrogen and oxygen atoms in total. The van der Waals surface area contributed by atoms with Crippen molar-refractivity contribution in [3.63, 3.8) is 0 Å². The molecule has 4 rings (SSSR count). The number of hydrogen-bond donors (Lipinski definition) is 1. The summed E-state index contributed by atoms with van der Waals surface area (Å²) >= 11 is 0. The summed E-state index contributed by atoms with van der Waals surface area (Å²) < 4.78 is 7.37. The second-order valence-corrected chi connectivity index (χ2v) is 5.93. The minimum atomic E-state index is 0.603. The number of methoxy groups -OCH3 is 1. The maximum absolute atomic E-state index is 9.10. The van der Waals surface area contributed by atoms with E-state index in [0.29, 0.717) is 5.57 Å². The van der Waals surface area contributed by atoms with E-state index in [4.69, 9.17) is 15.0 Å². The van der Waals surface area contributed by atoms with Crippen LogP contribution in [-0.4, -0.2) is 28.6 Å². The Morgan fingerprint density at radius 1 is 1.35 bits per heavy atom. The van der Waals surface area contributed by atoms with Gasteiger partial charge < -0.3 is 14.6 Å². The zero-order valence-corrected chi connectivity index (χ0v) is 14.7. The predicted octanol–water partition coefficient (Wildman–Crippen LogP) is 2.80. The molecule has 0 unspecified atom stereocenters. The SMILES string of the molecule is CNC1=C(c2nc3ccc(OC)cc3n2C)C=C=C2C=C(C#N)C=CN21. The molecule has 0 saturated heterocycles. The summed E-state index contributed by atoms with van der Waals surface area (Å²) in [6, 6.07) is 7.99. The normalized spacial score (nSPS) is 15.5. The standard InChI is InChI=1S/C20H17N5O/c1-22-19-16(6-4-14-10-13(12-21)8-9-25(14)19)20-23-17-7-5-15(26-3)11-18(17)24(20)2/h5-11,22H,1-3H3. The summed E-state index contributed by atoms with van der Waals surface area (Å²) in [6.45, 7) is 0. The van der Waals surface area contributed by atoms with Gasteiger partial charge in [-0.2, -0.15) is 5.26 Å². The zero-order chi connectivity index (χ0) is 18.3. The molecule has 2 aliphatic heterocycles. The van der Waals surface area contributed by atoms with Crippen molar-refractivity contribution in [1.82, 2.24) is 19.8 Å². The summed E-state index contributed by atoms with van der Waals surface area (Å²) in [6.07, 6.45) is 7.36. The molecule has 0 amide bonds. The third kappa shape index (κ3) is 2.31. The highest BCUT2D eigenvalue weighted by molar-refractivity contribution is 5.84. The van der Waals surface area contributed by atoms with Crippen molar-refractivity contribution < 1.29 is 4.74 Å². The van der Waals surface area contributed by atoms with Gasteiger partial charge in [-0.25, -0.2) is 4.98 Å². The van der Waals surface area contributed by atoms with E-state index < -0.39 is 0 Å². The number of rotatable bonds is 3. The molecule has 2 aliphatic rings. The van der Waals surface area contributed by atoms with Gasteiger partial charge in [-0.3, -0.25) is 4.90 Å². The van der Waals surface area contributed by atoms with Gasteiger partial charge in [-0.15, -0.1) is 0 Å². The van der Waals surface area contributed by atoms with Crippen molar-refractivity contribution in [3.8, 4) is 11.8 Å². The largest absolute Gasteiger partial charge is 0.497 e. The highest BCUT2D eigenvalue weighted by Gasteiger charge is 2.23. The molecule has 128 valence electrons. The van der Waals surface area contributed by atoms with Crippen molar-refractivity contribution in [1.29, 1.82) is 5.26 Å². The lowest BCUT2D eigenvalue weighted by molar-refractivity contribution is 0.415. The monoisotopic (exact) mass is 343 g/mol. The van der Waals surface area contributed by atoms with E-state index >= 15 is 0 Å². The second-order valence-electron chi connectivity index (χ2n) is 5.93. The van der Waals surface area contributed by atoms with Crippen LogP contribution in [0.2, 0.25) is 0 Å². The van der Waals surface area contributed by atoms with E-state index in [-0.39, 0.29) is 0 Å². The molecule has 26 heavy (non-hydrogen) atoms. The predicted molar refractivity (Wildman–Crippen MR) is 99.5 cm³/mol. The molecule has 6 heteroatoms. The van der Waals surface area contributed by atoms with Crippen LogP contribution in [0.4, 0.5) is 0 Å². The van der Waals surface area contributed by atoms with Gasteiger partial charge in [0.2, 0.25) is 0 Å². The number of nitrogens with one attached hydrogen (secondary N) is 1. The Morgan fingerprint density at radius 3 is 2.92 bits per heavy atom. The average Bonchev–Trinajstić information content (AvgIpc) is 3.02. The Morgan fingerprint density at radius 2 is 2.19 bits per heavy atom. The van der Waals surface area contributed by atoms with Crippen LogP contribution in [-0.2, 0) is 7.05 Å². The number of nitrogens with zero attached hydrogens (tertiary/aromatic N) is 4. The first kappa shape index (κ1) is 15.8. The summed E-state index contributed by atoms with van der Waals surface area (Å²) in [5, 5.41) is 12.4. The topological polar surface area (TPSA) is 66.1 Å². The molecule has 1 aromatic heterocycles. The van der Waals surface area contributed by atoms with Crippen LogP contribution in [0.1, 0.15) is 5.82 Å². The number of hydrogen-bond acceptors (Lipinski definition) is 5. The smallest absolute Gasteiger partial charge is 0.145 e. The fraction of sp³-hybridized carbons (Fsp3) is 0.150. The molecule has 0 atom stereocenters. The van der Waals surface area contributed by atoms with E-state index in [1.54, 1.807) is 13.2 Å². The third-order valence-corrected chi connectivity index (χ3v) is 4.51. The molecule has 0 radical (unpaired) electrons. The van der Waals surface area contributed by atoms with Crippen LogP contribution >= 0.6 is 0 Å². The number of fused-ring (bicyclic) bond motifs is 2. The van der Waals surface area contributed by atoms with Crippen molar-refractivity contribution >= 4 is 16.6 Å². The van der Waals surface area contributed by atoms with Crippen molar-refractivity contribution in [2.24, 2.45) is 7.05 Å². The van der Waals surface area contributed by atoms with Crippen LogP contribution < -0.4 is 10.1 Å². The van der Waals surface area contributed by atoms with Gasteiger partial charge in [0, 0.05) is 26.4 Å². The molecule has 0 fully saturated rings. The second kappa shape index (κ2) is 5.99. The maximum Gasteiger partial charge on any atom is 0.145 e. The number of aryl methyl sites for hydroxylation is 1. The number of nitriles is 1. The van der Waals surface area contributed by atoms with Gasteiger partial charge in [-0.1, -0.05) is 5.73 Å². The molecule has 3 heterocycles.